The summed E-state index contributed by atoms with van der Waals surface area (Å²) in [5.74, 6) is 1.16. The Hall–Kier alpha value is 0.310. The second-order valence-electron chi connectivity index (χ2n) is 4.71. The molecule has 72 valence electrons. The van der Waals surface area contributed by atoms with E-state index in [9.17, 15) is 5.11 Å². The van der Waals surface area contributed by atoms with E-state index in [-0.39, 0.29) is 0 Å². The Balaban J connectivity index is 2.51. The third-order valence-corrected chi connectivity index (χ3v) is 3.87. The highest BCUT2D eigenvalue weighted by atomic mass is 32.1. The zero-order valence-electron chi connectivity index (χ0n) is 8.25. The lowest BCUT2D eigenvalue weighted by atomic mass is 9.75. The summed E-state index contributed by atoms with van der Waals surface area (Å²) in [4.78, 5) is 0. The maximum Gasteiger partial charge on any atom is 0.0620 e. The highest BCUT2D eigenvalue weighted by Crippen LogP contribution is 2.37. The second kappa shape index (κ2) is 3.59. The quantitative estimate of drug-likeness (QED) is 0.606. The number of hydrogen-bond acceptors (Lipinski definition) is 2. The number of rotatable bonds is 1. The molecule has 3 atom stereocenters. The van der Waals surface area contributed by atoms with Gasteiger partial charge in [-0.15, -0.1) is 0 Å². The van der Waals surface area contributed by atoms with E-state index in [0.29, 0.717) is 17.1 Å². The molecule has 0 bridgehead atoms. The van der Waals surface area contributed by atoms with E-state index in [1.54, 1.807) is 0 Å². The van der Waals surface area contributed by atoms with Crippen molar-refractivity contribution >= 4 is 12.6 Å². The zero-order valence-corrected chi connectivity index (χ0v) is 9.14. The van der Waals surface area contributed by atoms with Crippen LogP contribution in [0.1, 0.15) is 40.0 Å². The lowest BCUT2D eigenvalue weighted by Crippen LogP contribution is -2.37. The topological polar surface area (TPSA) is 20.2 Å². The lowest BCUT2D eigenvalue weighted by Gasteiger charge is -2.38. The van der Waals surface area contributed by atoms with Gasteiger partial charge in [0.1, 0.15) is 0 Å². The van der Waals surface area contributed by atoms with Crippen molar-refractivity contribution in [2.45, 2.75) is 50.9 Å². The van der Waals surface area contributed by atoms with Crippen molar-refractivity contribution in [3.05, 3.63) is 0 Å². The third-order valence-electron chi connectivity index (χ3n) is 3.15. The highest BCUT2D eigenvalue weighted by molar-refractivity contribution is 7.81. The SMILES string of the molecule is CC1CC[C@@H](C(C)(C)O)CC1S. The van der Waals surface area contributed by atoms with Crippen LogP contribution in [0.3, 0.4) is 0 Å². The van der Waals surface area contributed by atoms with Crippen molar-refractivity contribution in [3.8, 4) is 0 Å². The molecule has 12 heavy (non-hydrogen) atoms. The van der Waals surface area contributed by atoms with Gasteiger partial charge >= 0.3 is 0 Å². The molecule has 2 heteroatoms. The van der Waals surface area contributed by atoms with Gasteiger partial charge < -0.3 is 5.11 Å². The minimum Gasteiger partial charge on any atom is -0.390 e. The van der Waals surface area contributed by atoms with Crippen molar-refractivity contribution in [1.29, 1.82) is 0 Å². The molecule has 2 unspecified atom stereocenters. The van der Waals surface area contributed by atoms with Crippen LogP contribution in [-0.4, -0.2) is 16.0 Å². The van der Waals surface area contributed by atoms with E-state index in [1.807, 2.05) is 13.8 Å². The number of hydrogen-bond donors (Lipinski definition) is 2. The van der Waals surface area contributed by atoms with Gasteiger partial charge in [0.2, 0.25) is 0 Å². The van der Waals surface area contributed by atoms with Crippen LogP contribution in [0.2, 0.25) is 0 Å². The fourth-order valence-electron chi connectivity index (χ4n) is 1.94. The Morgan fingerprint density at radius 2 is 1.92 bits per heavy atom. The van der Waals surface area contributed by atoms with Gasteiger partial charge in [0.25, 0.3) is 0 Å². The molecule has 0 amide bonds. The van der Waals surface area contributed by atoms with Crippen LogP contribution in [0.4, 0.5) is 0 Å². The van der Waals surface area contributed by atoms with Gasteiger partial charge in [-0.05, 0) is 44.9 Å². The first-order valence-corrected chi connectivity index (χ1v) is 5.33. The molecule has 0 aromatic heterocycles. The van der Waals surface area contributed by atoms with E-state index in [0.717, 1.165) is 12.8 Å². The van der Waals surface area contributed by atoms with Gasteiger partial charge in [0, 0.05) is 5.25 Å². The molecule has 1 aliphatic carbocycles. The van der Waals surface area contributed by atoms with Crippen LogP contribution in [-0.2, 0) is 0 Å². The first-order chi connectivity index (χ1) is 5.41. The third kappa shape index (κ3) is 2.40. The minimum atomic E-state index is -0.513. The standard InChI is InChI=1S/C10H20OS/c1-7-4-5-8(6-9(7)12)10(2,3)11/h7-9,11-12H,4-6H2,1-3H3/t7?,8-,9?/m1/s1. The normalized spacial score (nSPS) is 38.2. The maximum absolute atomic E-state index is 9.81. The fraction of sp³-hybridized carbons (Fsp3) is 1.00. The van der Waals surface area contributed by atoms with Gasteiger partial charge in [-0.25, -0.2) is 0 Å². The van der Waals surface area contributed by atoms with Gasteiger partial charge in [0.05, 0.1) is 5.60 Å². The molecule has 0 saturated heterocycles. The highest BCUT2D eigenvalue weighted by Gasteiger charge is 2.33. The largest absolute Gasteiger partial charge is 0.390 e. The zero-order chi connectivity index (χ0) is 9.35. The Morgan fingerprint density at radius 3 is 2.33 bits per heavy atom. The molecule has 1 saturated carbocycles. The molecule has 0 radical (unpaired) electrons. The Morgan fingerprint density at radius 1 is 1.33 bits per heavy atom. The summed E-state index contributed by atoms with van der Waals surface area (Å²) >= 11 is 4.54. The van der Waals surface area contributed by atoms with E-state index in [2.05, 4.69) is 19.6 Å². The predicted octanol–water partition coefficient (Wildman–Crippen LogP) is 2.49. The predicted molar refractivity (Wildman–Crippen MR) is 55.6 cm³/mol. The van der Waals surface area contributed by atoms with Crippen LogP contribution >= 0.6 is 12.6 Å². The Bertz CT molecular complexity index is 150. The smallest absolute Gasteiger partial charge is 0.0620 e. The first kappa shape index (κ1) is 10.4. The van der Waals surface area contributed by atoms with Gasteiger partial charge in [-0.1, -0.05) is 6.92 Å². The van der Waals surface area contributed by atoms with Crippen molar-refractivity contribution < 1.29 is 5.11 Å². The van der Waals surface area contributed by atoms with E-state index >= 15 is 0 Å². The van der Waals surface area contributed by atoms with E-state index in [1.165, 1.54) is 6.42 Å². The summed E-state index contributed by atoms with van der Waals surface area (Å²) in [5.41, 5.74) is -0.513. The summed E-state index contributed by atoms with van der Waals surface area (Å²) < 4.78 is 0. The summed E-state index contributed by atoms with van der Waals surface area (Å²) in [6, 6.07) is 0. The fourth-order valence-corrected chi connectivity index (χ4v) is 2.34. The van der Waals surface area contributed by atoms with Crippen molar-refractivity contribution in [2.75, 3.05) is 0 Å². The summed E-state index contributed by atoms with van der Waals surface area (Å²) in [6.07, 6.45) is 3.43. The van der Waals surface area contributed by atoms with Gasteiger partial charge in [-0.3, -0.25) is 0 Å². The second-order valence-corrected chi connectivity index (χ2v) is 5.37. The molecule has 1 N–H and O–H groups in total. The van der Waals surface area contributed by atoms with E-state index < -0.39 is 5.60 Å². The van der Waals surface area contributed by atoms with E-state index in [4.69, 9.17) is 0 Å². The monoisotopic (exact) mass is 188 g/mol. The molecule has 0 heterocycles. The number of thiol groups is 1. The summed E-state index contributed by atoms with van der Waals surface area (Å²) in [6.45, 7) is 6.07. The molecule has 0 aromatic rings. The van der Waals surface area contributed by atoms with Crippen LogP contribution in [0.25, 0.3) is 0 Å². The molecule has 0 aliphatic heterocycles. The van der Waals surface area contributed by atoms with Crippen molar-refractivity contribution in [2.24, 2.45) is 11.8 Å². The molecule has 1 rings (SSSR count). The Labute approximate surface area is 81.0 Å². The first-order valence-electron chi connectivity index (χ1n) is 4.81. The molecule has 0 spiro atoms. The average molecular weight is 188 g/mol. The molecular weight excluding hydrogens is 168 g/mol. The minimum absolute atomic E-state index is 0.441. The molecular formula is C10H20OS. The van der Waals surface area contributed by atoms with Crippen LogP contribution < -0.4 is 0 Å². The maximum atomic E-state index is 9.81. The Kier molecular flexibility index (Phi) is 3.11. The van der Waals surface area contributed by atoms with Gasteiger partial charge in [-0.2, -0.15) is 12.6 Å². The van der Waals surface area contributed by atoms with Crippen molar-refractivity contribution in [3.63, 3.8) is 0 Å². The van der Waals surface area contributed by atoms with Crippen LogP contribution in [0.5, 0.6) is 0 Å². The van der Waals surface area contributed by atoms with Crippen LogP contribution in [0, 0.1) is 11.8 Å². The van der Waals surface area contributed by atoms with Crippen LogP contribution in [0.15, 0.2) is 0 Å². The van der Waals surface area contributed by atoms with Crippen molar-refractivity contribution in [1.82, 2.24) is 0 Å². The number of aliphatic hydroxyl groups is 1. The molecule has 1 fully saturated rings. The molecule has 1 aliphatic rings. The summed E-state index contributed by atoms with van der Waals surface area (Å²) in [7, 11) is 0. The molecule has 0 aromatic carbocycles. The summed E-state index contributed by atoms with van der Waals surface area (Å²) in [5, 5.41) is 10.3. The lowest BCUT2D eigenvalue weighted by molar-refractivity contribution is -0.00310. The average Bonchev–Trinajstić information content (AvgIpc) is 1.92. The van der Waals surface area contributed by atoms with Gasteiger partial charge in [0.15, 0.2) is 0 Å². The molecule has 1 nitrogen and oxygen atoms in total.